The normalized spacial score (nSPS) is 18.8. The number of hydrogen-bond donors (Lipinski definition) is 1. The van der Waals surface area contributed by atoms with Crippen LogP contribution >= 0.6 is 0 Å². The third-order valence-electron chi connectivity index (χ3n) is 4.09. The van der Waals surface area contributed by atoms with Gasteiger partial charge in [0, 0.05) is 19.6 Å². The predicted octanol–water partition coefficient (Wildman–Crippen LogP) is 3.50. The first-order valence-corrected chi connectivity index (χ1v) is 7.82. The molecule has 0 amide bonds. The van der Waals surface area contributed by atoms with E-state index in [0.29, 0.717) is 5.92 Å². The van der Waals surface area contributed by atoms with Crippen LogP contribution in [0.15, 0.2) is 48.5 Å². The fraction of sp³-hybridized carbons (Fsp3) is 0.389. The topological polar surface area (TPSA) is 28.2 Å². The van der Waals surface area contributed by atoms with Crippen molar-refractivity contribution in [3.05, 3.63) is 59.8 Å². The lowest BCUT2D eigenvalue weighted by atomic mass is 9.99. The van der Waals surface area contributed by atoms with Crippen LogP contribution in [-0.4, -0.2) is 29.5 Å². The number of pyridine rings is 1. The molecule has 3 heteroatoms. The highest BCUT2D eigenvalue weighted by Crippen LogP contribution is 2.27. The third kappa shape index (κ3) is 3.61. The lowest BCUT2D eigenvalue weighted by Gasteiger charge is -2.16. The Morgan fingerprint density at radius 1 is 1.14 bits per heavy atom. The molecule has 3 nitrogen and oxygen atoms in total. The number of hydrogen-bond acceptors (Lipinski definition) is 3. The number of aromatic nitrogens is 1. The molecule has 0 bridgehead atoms. The Kier molecular flexibility index (Phi) is 4.51. The molecule has 1 unspecified atom stereocenters. The lowest BCUT2D eigenvalue weighted by molar-refractivity contribution is 0.323. The summed E-state index contributed by atoms with van der Waals surface area (Å²) in [5.41, 5.74) is 2.62. The molecule has 0 radical (unpaired) electrons. The summed E-state index contributed by atoms with van der Waals surface area (Å²) in [4.78, 5) is 7.18. The number of anilines is 1. The zero-order valence-corrected chi connectivity index (χ0v) is 12.6. The molecule has 1 aliphatic rings. The Balaban J connectivity index is 1.61. The van der Waals surface area contributed by atoms with E-state index in [0.717, 1.165) is 37.7 Å². The predicted molar refractivity (Wildman–Crippen MR) is 87.5 cm³/mol. The Morgan fingerprint density at radius 2 is 2.00 bits per heavy atom. The van der Waals surface area contributed by atoms with Crippen LogP contribution < -0.4 is 5.32 Å². The summed E-state index contributed by atoms with van der Waals surface area (Å²) in [7, 11) is 0. The quantitative estimate of drug-likeness (QED) is 0.909. The van der Waals surface area contributed by atoms with Crippen LogP contribution in [0.2, 0.25) is 0 Å². The van der Waals surface area contributed by atoms with Crippen molar-refractivity contribution in [2.45, 2.75) is 25.8 Å². The molecule has 2 heterocycles. The first-order chi connectivity index (χ1) is 10.3. The van der Waals surface area contributed by atoms with Crippen molar-refractivity contribution >= 4 is 5.82 Å². The minimum absolute atomic E-state index is 0.670. The summed E-state index contributed by atoms with van der Waals surface area (Å²) in [6.07, 6.45) is 1.25. The summed E-state index contributed by atoms with van der Waals surface area (Å²) in [6, 6.07) is 17.1. The Bertz CT molecular complexity index is 568. The van der Waals surface area contributed by atoms with Crippen molar-refractivity contribution in [3.8, 4) is 0 Å². The minimum atomic E-state index is 0.670. The first-order valence-electron chi connectivity index (χ1n) is 7.82. The summed E-state index contributed by atoms with van der Waals surface area (Å²) in [5.74, 6) is 1.65. The number of nitrogens with zero attached hydrogens (tertiary/aromatic N) is 2. The second kappa shape index (κ2) is 6.72. The van der Waals surface area contributed by atoms with E-state index in [9.17, 15) is 0 Å². The number of benzene rings is 1. The van der Waals surface area contributed by atoms with Crippen molar-refractivity contribution in [1.29, 1.82) is 0 Å². The molecule has 1 aromatic carbocycles. The minimum Gasteiger partial charge on any atom is -0.370 e. The maximum absolute atomic E-state index is 4.67. The van der Waals surface area contributed by atoms with Crippen molar-refractivity contribution in [2.24, 2.45) is 0 Å². The third-order valence-corrected chi connectivity index (χ3v) is 4.09. The molecule has 0 saturated carbocycles. The van der Waals surface area contributed by atoms with Gasteiger partial charge in [0.2, 0.25) is 0 Å². The molecule has 0 aliphatic carbocycles. The van der Waals surface area contributed by atoms with Gasteiger partial charge in [0.25, 0.3) is 0 Å². The highest BCUT2D eigenvalue weighted by atomic mass is 15.2. The van der Waals surface area contributed by atoms with Crippen molar-refractivity contribution in [3.63, 3.8) is 0 Å². The van der Waals surface area contributed by atoms with Gasteiger partial charge in [-0.15, -0.1) is 0 Å². The van der Waals surface area contributed by atoms with Gasteiger partial charge in [-0.05, 0) is 43.5 Å². The second-order valence-electron chi connectivity index (χ2n) is 5.68. The fourth-order valence-corrected chi connectivity index (χ4v) is 3.05. The molecular formula is C18H23N3. The van der Waals surface area contributed by atoms with Crippen LogP contribution in [0.3, 0.4) is 0 Å². The van der Waals surface area contributed by atoms with Gasteiger partial charge in [-0.25, -0.2) is 4.98 Å². The van der Waals surface area contributed by atoms with Crippen molar-refractivity contribution in [1.82, 2.24) is 9.88 Å². The molecule has 1 N–H and O–H groups in total. The SMILES string of the molecule is CCNc1cccc(CN2CCC(c3ccccc3)C2)n1. The highest BCUT2D eigenvalue weighted by Gasteiger charge is 2.23. The van der Waals surface area contributed by atoms with Crippen LogP contribution in [0, 0.1) is 0 Å². The van der Waals surface area contributed by atoms with Gasteiger partial charge in [0.1, 0.15) is 5.82 Å². The van der Waals surface area contributed by atoms with Gasteiger partial charge >= 0.3 is 0 Å². The molecule has 1 atom stereocenters. The largest absolute Gasteiger partial charge is 0.370 e. The average molecular weight is 281 g/mol. The molecule has 1 saturated heterocycles. The molecule has 3 rings (SSSR count). The van der Waals surface area contributed by atoms with E-state index < -0.39 is 0 Å². The number of nitrogens with one attached hydrogen (secondary N) is 1. The Morgan fingerprint density at radius 3 is 2.81 bits per heavy atom. The summed E-state index contributed by atoms with van der Waals surface area (Å²) in [5, 5.41) is 3.28. The van der Waals surface area contributed by atoms with Crippen LogP contribution in [0.4, 0.5) is 5.82 Å². The van der Waals surface area contributed by atoms with Crippen molar-refractivity contribution in [2.75, 3.05) is 25.0 Å². The van der Waals surface area contributed by atoms with Gasteiger partial charge < -0.3 is 5.32 Å². The second-order valence-corrected chi connectivity index (χ2v) is 5.68. The summed E-state index contributed by atoms with van der Waals surface area (Å²) < 4.78 is 0. The van der Waals surface area contributed by atoms with Crippen LogP contribution in [0.5, 0.6) is 0 Å². The van der Waals surface area contributed by atoms with Gasteiger partial charge in [0.15, 0.2) is 0 Å². The highest BCUT2D eigenvalue weighted by molar-refractivity contribution is 5.35. The van der Waals surface area contributed by atoms with E-state index in [1.54, 1.807) is 0 Å². The zero-order chi connectivity index (χ0) is 14.5. The van der Waals surface area contributed by atoms with E-state index in [-0.39, 0.29) is 0 Å². The zero-order valence-electron chi connectivity index (χ0n) is 12.6. The smallest absolute Gasteiger partial charge is 0.126 e. The summed E-state index contributed by atoms with van der Waals surface area (Å²) in [6.45, 7) is 6.25. The fourth-order valence-electron chi connectivity index (χ4n) is 3.05. The molecular weight excluding hydrogens is 258 g/mol. The maximum atomic E-state index is 4.67. The van der Waals surface area contributed by atoms with E-state index in [4.69, 9.17) is 0 Å². The number of rotatable bonds is 5. The van der Waals surface area contributed by atoms with E-state index in [1.165, 1.54) is 12.0 Å². The Hall–Kier alpha value is -1.87. The van der Waals surface area contributed by atoms with Crippen LogP contribution in [0.25, 0.3) is 0 Å². The molecule has 110 valence electrons. The average Bonchev–Trinajstić information content (AvgIpc) is 2.97. The van der Waals surface area contributed by atoms with Gasteiger partial charge in [-0.1, -0.05) is 36.4 Å². The van der Waals surface area contributed by atoms with E-state index >= 15 is 0 Å². The molecule has 2 aromatic rings. The Labute approximate surface area is 127 Å². The molecule has 1 aliphatic heterocycles. The summed E-state index contributed by atoms with van der Waals surface area (Å²) >= 11 is 0. The van der Waals surface area contributed by atoms with Crippen molar-refractivity contribution < 1.29 is 0 Å². The van der Waals surface area contributed by atoms with Crippen LogP contribution in [-0.2, 0) is 6.54 Å². The molecule has 0 spiro atoms. The van der Waals surface area contributed by atoms with Gasteiger partial charge in [-0.3, -0.25) is 4.90 Å². The van der Waals surface area contributed by atoms with E-state index in [2.05, 4.69) is 64.6 Å². The van der Waals surface area contributed by atoms with Gasteiger partial charge in [-0.2, -0.15) is 0 Å². The number of likely N-dealkylation sites (tertiary alicyclic amines) is 1. The molecule has 21 heavy (non-hydrogen) atoms. The van der Waals surface area contributed by atoms with Crippen LogP contribution in [0.1, 0.15) is 30.5 Å². The standard InChI is InChI=1S/C18H23N3/c1-2-19-18-10-6-9-17(20-18)14-21-12-11-16(13-21)15-7-4-3-5-8-15/h3-10,16H,2,11-14H2,1H3,(H,19,20). The van der Waals surface area contributed by atoms with Gasteiger partial charge in [0.05, 0.1) is 5.69 Å². The van der Waals surface area contributed by atoms with E-state index in [1.807, 2.05) is 6.07 Å². The maximum Gasteiger partial charge on any atom is 0.126 e. The molecule has 1 aromatic heterocycles. The molecule has 1 fully saturated rings. The first kappa shape index (κ1) is 14.1. The lowest BCUT2D eigenvalue weighted by Crippen LogP contribution is -2.20. The monoisotopic (exact) mass is 281 g/mol.